The second-order valence-corrected chi connectivity index (χ2v) is 6.13. The predicted molar refractivity (Wildman–Crippen MR) is 88.9 cm³/mol. The van der Waals surface area contributed by atoms with Gasteiger partial charge in [-0.3, -0.25) is 4.79 Å². The minimum absolute atomic E-state index is 0.0443. The molecule has 1 aromatic heterocycles. The van der Waals surface area contributed by atoms with Crippen molar-refractivity contribution in [3.63, 3.8) is 0 Å². The van der Waals surface area contributed by atoms with Crippen molar-refractivity contribution in [3.05, 3.63) is 46.6 Å². The van der Waals surface area contributed by atoms with E-state index in [0.29, 0.717) is 12.5 Å². The van der Waals surface area contributed by atoms with Crippen LogP contribution in [0, 0.1) is 5.92 Å². The summed E-state index contributed by atoms with van der Waals surface area (Å²) in [7, 11) is 0. The summed E-state index contributed by atoms with van der Waals surface area (Å²) in [5, 5.41) is 13.0. The number of benzene rings is 1. The Kier molecular flexibility index (Phi) is 5.84. The van der Waals surface area contributed by atoms with Crippen molar-refractivity contribution >= 4 is 29.0 Å². The maximum absolute atomic E-state index is 12.8. The fourth-order valence-electron chi connectivity index (χ4n) is 1.84. The number of amides is 1. The molecule has 0 radical (unpaired) electrons. The van der Waals surface area contributed by atoms with Crippen LogP contribution in [0.1, 0.15) is 29.9 Å². The molecule has 0 saturated heterocycles. The van der Waals surface area contributed by atoms with Crippen LogP contribution in [-0.4, -0.2) is 22.6 Å². The highest BCUT2D eigenvalue weighted by Gasteiger charge is 2.31. The third-order valence-corrected chi connectivity index (χ3v) is 3.45. The molecule has 0 atom stereocenters. The Labute approximate surface area is 147 Å². The topological polar surface area (TPSA) is 66.9 Å². The van der Waals surface area contributed by atoms with Gasteiger partial charge in [-0.2, -0.15) is 13.2 Å². The van der Waals surface area contributed by atoms with Gasteiger partial charge in [0.2, 0.25) is 0 Å². The van der Waals surface area contributed by atoms with Gasteiger partial charge in [-0.15, -0.1) is 10.2 Å². The van der Waals surface area contributed by atoms with Gasteiger partial charge < -0.3 is 10.6 Å². The highest BCUT2D eigenvalue weighted by molar-refractivity contribution is 6.33. The number of hydrogen-bond donors (Lipinski definition) is 2. The molecule has 2 aromatic rings. The maximum atomic E-state index is 12.8. The first-order valence-electron chi connectivity index (χ1n) is 7.42. The van der Waals surface area contributed by atoms with Gasteiger partial charge >= 0.3 is 6.18 Å². The molecule has 2 N–H and O–H groups in total. The number of rotatable bonds is 5. The lowest BCUT2D eigenvalue weighted by Gasteiger charge is -2.12. The van der Waals surface area contributed by atoms with Crippen molar-refractivity contribution < 1.29 is 18.0 Å². The average Bonchev–Trinajstić information content (AvgIpc) is 2.54. The average molecular weight is 373 g/mol. The first-order valence-corrected chi connectivity index (χ1v) is 7.80. The third kappa shape index (κ3) is 5.32. The van der Waals surface area contributed by atoms with E-state index in [1.165, 1.54) is 12.1 Å². The van der Waals surface area contributed by atoms with Crippen LogP contribution in [0.25, 0.3) is 0 Å². The molecule has 0 fully saturated rings. The SMILES string of the molecule is CC(C)CNC(=O)c1ccc(Nc2cc(C(F)(F)F)ccc2Cl)nn1. The fourth-order valence-corrected chi connectivity index (χ4v) is 2.01. The van der Waals surface area contributed by atoms with Crippen LogP contribution in [0.4, 0.5) is 24.7 Å². The summed E-state index contributed by atoms with van der Waals surface area (Å²) in [6, 6.07) is 5.78. The molecule has 5 nitrogen and oxygen atoms in total. The number of anilines is 2. The van der Waals surface area contributed by atoms with Crippen LogP contribution >= 0.6 is 11.6 Å². The van der Waals surface area contributed by atoms with Gasteiger partial charge in [0.05, 0.1) is 16.3 Å². The Morgan fingerprint density at radius 2 is 1.92 bits per heavy atom. The van der Waals surface area contributed by atoms with Gasteiger partial charge in [0, 0.05) is 6.54 Å². The number of carbonyl (C=O) groups excluding carboxylic acids is 1. The summed E-state index contributed by atoms with van der Waals surface area (Å²) in [5.74, 6) is 0.0902. The van der Waals surface area contributed by atoms with Gasteiger partial charge in [0.1, 0.15) is 0 Å². The van der Waals surface area contributed by atoms with Gasteiger partial charge in [-0.05, 0) is 36.2 Å². The number of carbonyl (C=O) groups is 1. The lowest BCUT2D eigenvalue weighted by Crippen LogP contribution is -2.28. The van der Waals surface area contributed by atoms with Crippen LogP contribution in [0.15, 0.2) is 30.3 Å². The largest absolute Gasteiger partial charge is 0.416 e. The van der Waals surface area contributed by atoms with Crippen molar-refractivity contribution in [1.29, 1.82) is 0 Å². The molecule has 1 aromatic carbocycles. The van der Waals surface area contributed by atoms with Crippen LogP contribution in [0.3, 0.4) is 0 Å². The van der Waals surface area contributed by atoms with Crippen LogP contribution in [0.5, 0.6) is 0 Å². The van der Waals surface area contributed by atoms with E-state index in [2.05, 4.69) is 20.8 Å². The number of nitrogens with zero attached hydrogens (tertiary/aromatic N) is 2. The monoisotopic (exact) mass is 372 g/mol. The van der Waals surface area contributed by atoms with Crippen molar-refractivity contribution in [2.45, 2.75) is 20.0 Å². The van der Waals surface area contributed by atoms with Crippen LogP contribution < -0.4 is 10.6 Å². The van der Waals surface area contributed by atoms with E-state index in [9.17, 15) is 18.0 Å². The molecule has 0 bridgehead atoms. The zero-order valence-electron chi connectivity index (χ0n) is 13.5. The molecule has 0 aliphatic rings. The highest BCUT2D eigenvalue weighted by atomic mass is 35.5. The molecule has 0 aliphatic carbocycles. The zero-order valence-corrected chi connectivity index (χ0v) is 14.2. The van der Waals surface area contributed by atoms with E-state index in [-0.39, 0.29) is 28.1 Å². The first kappa shape index (κ1) is 19.0. The molecule has 0 spiro atoms. The summed E-state index contributed by atoms with van der Waals surface area (Å²) < 4.78 is 38.3. The Balaban J connectivity index is 2.12. The normalized spacial score (nSPS) is 11.5. The lowest BCUT2D eigenvalue weighted by atomic mass is 10.2. The van der Waals surface area contributed by atoms with E-state index in [1.54, 1.807) is 0 Å². The molecule has 0 unspecified atom stereocenters. The Morgan fingerprint density at radius 3 is 2.48 bits per heavy atom. The second-order valence-electron chi connectivity index (χ2n) is 5.73. The molecular formula is C16H16ClF3N4O. The fraction of sp³-hybridized carbons (Fsp3) is 0.312. The second kappa shape index (κ2) is 7.69. The minimum atomic E-state index is -4.48. The Bertz CT molecular complexity index is 748. The van der Waals surface area contributed by atoms with E-state index in [1.807, 2.05) is 13.8 Å². The van der Waals surface area contributed by atoms with Gasteiger partial charge in [-0.1, -0.05) is 25.4 Å². The molecule has 0 saturated carbocycles. The molecule has 9 heteroatoms. The Hall–Kier alpha value is -2.35. The third-order valence-electron chi connectivity index (χ3n) is 3.12. The van der Waals surface area contributed by atoms with E-state index >= 15 is 0 Å². The molecule has 1 amide bonds. The van der Waals surface area contributed by atoms with E-state index in [0.717, 1.165) is 18.2 Å². The summed E-state index contributed by atoms with van der Waals surface area (Å²) in [5.41, 5.74) is -0.679. The summed E-state index contributed by atoms with van der Waals surface area (Å²) in [4.78, 5) is 11.8. The van der Waals surface area contributed by atoms with Crippen LogP contribution in [-0.2, 0) is 6.18 Å². The van der Waals surface area contributed by atoms with Crippen molar-refractivity contribution in [3.8, 4) is 0 Å². The molecule has 25 heavy (non-hydrogen) atoms. The van der Waals surface area contributed by atoms with Crippen LogP contribution in [0.2, 0.25) is 5.02 Å². The summed E-state index contributed by atoms with van der Waals surface area (Å²) in [6.07, 6.45) is -4.48. The minimum Gasteiger partial charge on any atom is -0.350 e. The van der Waals surface area contributed by atoms with Gasteiger partial charge in [-0.25, -0.2) is 0 Å². The molecule has 134 valence electrons. The standard InChI is InChI=1S/C16H16ClF3N4O/c1-9(2)8-21-15(25)12-5-6-14(24-23-12)22-13-7-10(16(18,19)20)3-4-11(13)17/h3-7,9H,8H2,1-2H3,(H,21,25)(H,22,24). The first-order chi connectivity index (χ1) is 11.7. The number of hydrogen-bond acceptors (Lipinski definition) is 4. The molecular weight excluding hydrogens is 357 g/mol. The predicted octanol–water partition coefficient (Wildman–Crippen LogP) is 4.28. The zero-order chi connectivity index (χ0) is 18.6. The highest BCUT2D eigenvalue weighted by Crippen LogP contribution is 2.34. The van der Waals surface area contributed by atoms with E-state index < -0.39 is 11.7 Å². The molecule has 2 rings (SSSR count). The van der Waals surface area contributed by atoms with Crippen molar-refractivity contribution in [1.82, 2.24) is 15.5 Å². The van der Waals surface area contributed by atoms with Crippen molar-refractivity contribution in [2.24, 2.45) is 5.92 Å². The van der Waals surface area contributed by atoms with E-state index in [4.69, 9.17) is 11.6 Å². The number of nitrogens with one attached hydrogen (secondary N) is 2. The quantitative estimate of drug-likeness (QED) is 0.822. The maximum Gasteiger partial charge on any atom is 0.416 e. The van der Waals surface area contributed by atoms with Gasteiger partial charge in [0.25, 0.3) is 5.91 Å². The number of halogens is 4. The Morgan fingerprint density at radius 1 is 1.20 bits per heavy atom. The van der Waals surface area contributed by atoms with Crippen molar-refractivity contribution in [2.75, 3.05) is 11.9 Å². The summed E-state index contributed by atoms with van der Waals surface area (Å²) in [6.45, 7) is 4.41. The molecule has 1 heterocycles. The van der Waals surface area contributed by atoms with Gasteiger partial charge in [0.15, 0.2) is 11.5 Å². The lowest BCUT2D eigenvalue weighted by molar-refractivity contribution is -0.137. The number of alkyl halides is 3. The number of aromatic nitrogens is 2. The molecule has 0 aliphatic heterocycles. The smallest absolute Gasteiger partial charge is 0.350 e. The summed E-state index contributed by atoms with van der Waals surface area (Å²) >= 11 is 5.91.